The summed E-state index contributed by atoms with van der Waals surface area (Å²) in [5.41, 5.74) is 2.55. The van der Waals surface area contributed by atoms with E-state index < -0.39 is 0 Å². The monoisotopic (exact) mass is 320 g/mol. The summed E-state index contributed by atoms with van der Waals surface area (Å²) in [6, 6.07) is 6.71. The van der Waals surface area contributed by atoms with E-state index in [1.165, 1.54) is 11.1 Å². The summed E-state index contributed by atoms with van der Waals surface area (Å²) in [6.07, 6.45) is 3.16. The minimum Gasteiger partial charge on any atom is -0.493 e. The Bertz CT molecular complexity index is 524. The van der Waals surface area contributed by atoms with Crippen LogP contribution in [0.4, 0.5) is 0 Å². The first-order valence-corrected chi connectivity index (χ1v) is 7.61. The summed E-state index contributed by atoms with van der Waals surface area (Å²) in [7, 11) is 0. The largest absolute Gasteiger partial charge is 0.493 e. The minimum atomic E-state index is 0.190. The summed E-state index contributed by atoms with van der Waals surface area (Å²) in [5, 5.41) is 9.07. The Labute approximate surface area is 122 Å². The third-order valence-electron chi connectivity index (χ3n) is 3.91. The van der Waals surface area contributed by atoms with Crippen LogP contribution in [0.25, 0.3) is 0 Å². The Morgan fingerprint density at radius 1 is 1.47 bits per heavy atom. The van der Waals surface area contributed by atoms with Crippen molar-refractivity contribution in [2.45, 2.75) is 25.8 Å². The van der Waals surface area contributed by atoms with Crippen molar-refractivity contribution in [1.82, 2.24) is 4.90 Å². The van der Waals surface area contributed by atoms with Crippen LogP contribution in [0.5, 0.6) is 5.75 Å². The van der Waals surface area contributed by atoms with E-state index in [0.717, 1.165) is 55.7 Å². The summed E-state index contributed by atoms with van der Waals surface area (Å²) in [6.45, 7) is 3.65. The Hall–Kier alpha value is -1.05. The summed E-state index contributed by atoms with van der Waals surface area (Å²) < 4.78 is 6.89. The molecule has 1 aromatic carbocycles. The number of ether oxygens (including phenoxy) is 1. The number of piperidine rings is 1. The van der Waals surface area contributed by atoms with Gasteiger partial charge in [0.25, 0.3) is 0 Å². The van der Waals surface area contributed by atoms with E-state index in [9.17, 15) is 0 Å². The van der Waals surface area contributed by atoms with Gasteiger partial charge in [-0.05, 0) is 37.1 Å². The lowest BCUT2D eigenvalue weighted by molar-refractivity contribution is 0.190. The van der Waals surface area contributed by atoms with Gasteiger partial charge in [0.15, 0.2) is 0 Å². The normalized spacial score (nSPS) is 22.6. The molecule has 1 fully saturated rings. The average molecular weight is 321 g/mol. The highest BCUT2D eigenvalue weighted by Gasteiger charge is 2.23. The van der Waals surface area contributed by atoms with Crippen LogP contribution in [-0.2, 0) is 13.0 Å². The molecule has 0 bridgehead atoms. The molecule has 2 heterocycles. The van der Waals surface area contributed by atoms with Gasteiger partial charge in [0, 0.05) is 29.5 Å². The molecular formula is C15H17BrN2O. The standard InChI is InChI=1S/C15H17BrN2O/c16-14-6-12-3-5-19-15(12)13(7-14)10-18-4-1-2-11(8-17)9-18/h6-7,11H,1-5,9-10H2. The van der Waals surface area contributed by atoms with Crippen molar-refractivity contribution in [3.63, 3.8) is 0 Å². The topological polar surface area (TPSA) is 36.3 Å². The van der Waals surface area contributed by atoms with Crippen molar-refractivity contribution in [3.05, 3.63) is 27.7 Å². The Morgan fingerprint density at radius 2 is 2.37 bits per heavy atom. The maximum Gasteiger partial charge on any atom is 0.127 e. The molecule has 1 unspecified atom stereocenters. The van der Waals surface area contributed by atoms with Crippen LogP contribution in [0.3, 0.4) is 0 Å². The fourth-order valence-electron chi connectivity index (χ4n) is 3.01. The highest BCUT2D eigenvalue weighted by Crippen LogP contribution is 2.34. The van der Waals surface area contributed by atoms with Gasteiger partial charge in [0.05, 0.1) is 18.6 Å². The average Bonchev–Trinajstić information content (AvgIpc) is 2.87. The highest BCUT2D eigenvalue weighted by atomic mass is 79.9. The smallest absolute Gasteiger partial charge is 0.127 e. The predicted molar refractivity (Wildman–Crippen MR) is 77.0 cm³/mol. The first-order valence-electron chi connectivity index (χ1n) is 6.82. The molecule has 0 spiro atoms. The summed E-state index contributed by atoms with van der Waals surface area (Å²) in [5.74, 6) is 1.26. The highest BCUT2D eigenvalue weighted by molar-refractivity contribution is 9.10. The van der Waals surface area contributed by atoms with Crippen molar-refractivity contribution in [2.75, 3.05) is 19.7 Å². The maximum atomic E-state index is 9.07. The van der Waals surface area contributed by atoms with E-state index >= 15 is 0 Å². The Morgan fingerprint density at radius 3 is 3.21 bits per heavy atom. The van der Waals surface area contributed by atoms with Crippen molar-refractivity contribution in [3.8, 4) is 11.8 Å². The Kier molecular flexibility index (Phi) is 3.76. The summed E-state index contributed by atoms with van der Waals surface area (Å²) >= 11 is 3.58. The van der Waals surface area contributed by atoms with Gasteiger partial charge in [-0.25, -0.2) is 0 Å². The van der Waals surface area contributed by atoms with Crippen LogP contribution in [0.2, 0.25) is 0 Å². The fraction of sp³-hybridized carbons (Fsp3) is 0.533. The molecule has 2 aliphatic rings. The quantitative estimate of drug-likeness (QED) is 0.840. The van der Waals surface area contributed by atoms with Gasteiger partial charge in [-0.15, -0.1) is 0 Å². The molecule has 1 aromatic rings. The number of hydrogen-bond donors (Lipinski definition) is 0. The third kappa shape index (κ3) is 2.77. The molecule has 0 N–H and O–H groups in total. The zero-order valence-electron chi connectivity index (χ0n) is 10.9. The minimum absolute atomic E-state index is 0.190. The molecule has 0 aliphatic carbocycles. The second-order valence-corrected chi connectivity index (χ2v) is 6.27. The third-order valence-corrected chi connectivity index (χ3v) is 4.37. The zero-order chi connectivity index (χ0) is 13.2. The van der Waals surface area contributed by atoms with Crippen LogP contribution in [0, 0.1) is 17.2 Å². The van der Waals surface area contributed by atoms with E-state index in [1.54, 1.807) is 0 Å². The van der Waals surface area contributed by atoms with Gasteiger partial charge in [-0.1, -0.05) is 15.9 Å². The second kappa shape index (κ2) is 5.52. The molecule has 0 saturated carbocycles. The number of halogens is 1. The van der Waals surface area contributed by atoms with Gasteiger partial charge in [-0.3, -0.25) is 4.90 Å². The van der Waals surface area contributed by atoms with Crippen LogP contribution < -0.4 is 4.74 Å². The molecule has 4 heteroatoms. The van der Waals surface area contributed by atoms with Gasteiger partial charge in [0.1, 0.15) is 5.75 Å². The van der Waals surface area contributed by atoms with Crippen molar-refractivity contribution >= 4 is 15.9 Å². The number of benzene rings is 1. The van der Waals surface area contributed by atoms with E-state index in [4.69, 9.17) is 10.00 Å². The summed E-state index contributed by atoms with van der Waals surface area (Å²) in [4.78, 5) is 2.38. The van der Waals surface area contributed by atoms with Gasteiger partial charge < -0.3 is 4.74 Å². The number of nitrogens with zero attached hydrogens (tertiary/aromatic N) is 2. The van der Waals surface area contributed by atoms with Crippen LogP contribution in [0.1, 0.15) is 24.0 Å². The molecule has 2 aliphatic heterocycles. The molecule has 1 atom stereocenters. The van der Waals surface area contributed by atoms with E-state index in [1.807, 2.05) is 0 Å². The van der Waals surface area contributed by atoms with Gasteiger partial charge in [0.2, 0.25) is 0 Å². The molecule has 100 valence electrons. The first kappa shape index (κ1) is 13.0. The van der Waals surface area contributed by atoms with Crippen LogP contribution in [0.15, 0.2) is 16.6 Å². The van der Waals surface area contributed by atoms with Gasteiger partial charge >= 0.3 is 0 Å². The molecule has 3 nitrogen and oxygen atoms in total. The molecule has 0 radical (unpaired) electrons. The molecule has 1 saturated heterocycles. The van der Waals surface area contributed by atoms with Crippen LogP contribution >= 0.6 is 15.9 Å². The van der Waals surface area contributed by atoms with Gasteiger partial charge in [-0.2, -0.15) is 5.26 Å². The SMILES string of the molecule is N#CC1CCCN(Cc2cc(Br)cc3c2OCC3)C1. The predicted octanol–water partition coefficient (Wildman–Crippen LogP) is 3.12. The molecule has 0 aromatic heterocycles. The van der Waals surface area contributed by atoms with Crippen molar-refractivity contribution in [2.24, 2.45) is 5.92 Å². The number of rotatable bonds is 2. The molecule has 3 rings (SSSR count). The number of nitriles is 1. The Balaban J connectivity index is 1.78. The lowest BCUT2D eigenvalue weighted by Gasteiger charge is -2.29. The molecule has 0 amide bonds. The molecule has 19 heavy (non-hydrogen) atoms. The van der Waals surface area contributed by atoms with E-state index in [-0.39, 0.29) is 5.92 Å². The van der Waals surface area contributed by atoms with E-state index in [2.05, 4.69) is 39.0 Å². The zero-order valence-corrected chi connectivity index (χ0v) is 12.4. The maximum absolute atomic E-state index is 9.07. The first-order chi connectivity index (χ1) is 9.26. The van der Waals surface area contributed by atoms with Crippen molar-refractivity contribution < 1.29 is 4.74 Å². The fourth-order valence-corrected chi connectivity index (χ4v) is 3.56. The lowest BCUT2D eigenvalue weighted by Crippen LogP contribution is -2.34. The van der Waals surface area contributed by atoms with Crippen LogP contribution in [-0.4, -0.2) is 24.6 Å². The van der Waals surface area contributed by atoms with E-state index in [0.29, 0.717) is 0 Å². The second-order valence-electron chi connectivity index (χ2n) is 5.35. The number of likely N-dealkylation sites (tertiary alicyclic amines) is 1. The lowest BCUT2D eigenvalue weighted by atomic mass is 9.99. The number of fused-ring (bicyclic) bond motifs is 1. The van der Waals surface area contributed by atoms with Crippen molar-refractivity contribution in [1.29, 1.82) is 5.26 Å². The number of hydrogen-bond acceptors (Lipinski definition) is 3. The molecular weight excluding hydrogens is 304 g/mol.